The number of benzene rings is 2. The summed E-state index contributed by atoms with van der Waals surface area (Å²) >= 11 is 0. The van der Waals surface area contributed by atoms with Crippen LogP contribution in [0.5, 0.6) is 0 Å². The van der Waals surface area contributed by atoms with Crippen LogP contribution < -0.4 is 5.32 Å². The second-order valence-electron chi connectivity index (χ2n) is 7.75. The lowest BCUT2D eigenvalue weighted by Crippen LogP contribution is -2.41. The van der Waals surface area contributed by atoms with Gasteiger partial charge in [-0.05, 0) is 42.0 Å². The maximum Gasteiger partial charge on any atom is 0.163 e. The molecule has 4 aromatic rings. The summed E-state index contributed by atoms with van der Waals surface area (Å²) in [5.74, 6) is 1.17. The first-order valence-corrected chi connectivity index (χ1v) is 10.8. The molecule has 1 saturated heterocycles. The van der Waals surface area contributed by atoms with Gasteiger partial charge in [-0.3, -0.25) is 9.88 Å². The maximum absolute atomic E-state index is 13.6. The Hall–Kier alpha value is -3.42. The normalized spacial score (nSPS) is 15.5. The molecule has 3 heterocycles. The lowest BCUT2D eigenvalue weighted by atomic mass is 10.0. The van der Waals surface area contributed by atoms with Gasteiger partial charge in [0, 0.05) is 43.0 Å². The zero-order valence-corrected chi connectivity index (χ0v) is 17.6. The molecule has 32 heavy (non-hydrogen) atoms. The van der Waals surface area contributed by atoms with E-state index in [4.69, 9.17) is 14.7 Å². The van der Waals surface area contributed by atoms with E-state index in [-0.39, 0.29) is 11.9 Å². The third kappa shape index (κ3) is 4.44. The predicted molar refractivity (Wildman–Crippen MR) is 123 cm³/mol. The summed E-state index contributed by atoms with van der Waals surface area (Å²) < 4.78 is 19.1. The van der Waals surface area contributed by atoms with Crippen LogP contribution in [-0.2, 0) is 4.74 Å². The van der Waals surface area contributed by atoms with Gasteiger partial charge in [-0.2, -0.15) is 0 Å². The van der Waals surface area contributed by atoms with Crippen molar-refractivity contribution in [3.63, 3.8) is 0 Å². The molecular formula is C25H24FN5O. The van der Waals surface area contributed by atoms with E-state index in [9.17, 15) is 4.39 Å². The average molecular weight is 429 g/mol. The van der Waals surface area contributed by atoms with Gasteiger partial charge in [0.2, 0.25) is 0 Å². The summed E-state index contributed by atoms with van der Waals surface area (Å²) in [5.41, 5.74) is 2.80. The lowest BCUT2D eigenvalue weighted by molar-refractivity contribution is 0.0187. The third-order valence-electron chi connectivity index (χ3n) is 5.73. The number of ether oxygens (including phenoxy) is 1. The fourth-order valence-corrected chi connectivity index (χ4v) is 4.06. The Kier molecular flexibility index (Phi) is 6.00. The molecule has 1 atom stereocenters. The zero-order valence-electron chi connectivity index (χ0n) is 17.6. The standard InChI is InChI=1S/C25H24FN5O/c26-20-9-7-18(8-10-20)23(31-12-14-32-15-13-31)17-28-25-21-5-1-2-6-22(21)29-24(30-25)19-4-3-11-27-16-19/h1-11,16,23H,12-15,17H2,(H,28,29,30)/t23-/m0/s1. The second-order valence-corrected chi connectivity index (χ2v) is 7.75. The first kappa shape index (κ1) is 20.5. The highest BCUT2D eigenvalue weighted by molar-refractivity contribution is 5.90. The molecule has 1 fully saturated rings. The number of nitrogens with one attached hydrogen (secondary N) is 1. The number of morpholine rings is 1. The van der Waals surface area contributed by atoms with Gasteiger partial charge in [0.05, 0.1) is 24.8 Å². The van der Waals surface area contributed by atoms with Crippen LogP contribution in [0, 0.1) is 5.82 Å². The van der Waals surface area contributed by atoms with Crippen molar-refractivity contribution < 1.29 is 9.13 Å². The third-order valence-corrected chi connectivity index (χ3v) is 5.73. The monoisotopic (exact) mass is 429 g/mol. The number of anilines is 1. The van der Waals surface area contributed by atoms with Crippen LogP contribution in [0.1, 0.15) is 11.6 Å². The molecule has 2 aromatic carbocycles. The molecule has 0 aliphatic carbocycles. The second kappa shape index (κ2) is 9.38. The Balaban J connectivity index is 1.48. The van der Waals surface area contributed by atoms with E-state index in [0.29, 0.717) is 25.6 Å². The van der Waals surface area contributed by atoms with Crippen LogP contribution in [0.25, 0.3) is 22.3 Å². The van der Waals surface area contributed by atoms with Gasteiger partial charge < -0.3 is 10.1 Å². The number of para-hydroxylation sites is 1. The molecule has 0 saturated carbocycles. The van der Waals surface area contributed by atoms with E-state index < -0.39 is 0 Å². The molecule has 0 radical (unpaired) electrons. The number of fused-ring (bicyclic) bond motifs is 1. The zero-order chi connectivity index (χ0) is 21.8. The minimum atomic E-state index is -0.231. The predicted octanol–water partition coefficient (Wildman–Crippen LogP) is 4.32. The Morgan fingerprint density at radius 3 is 2.56 bits per heavy atom. The molecule has 0 spiro atoms. The van der Waals surface area contributed by atoms with Crippen molar-refractivity contribution in [2.75, 3.05) is 38.2 Å². The fourth-order valence-electron chi connectivity index (χ4n) is 4.06. The summed E-state index contributed by atoms with van der Waals surface area (Å²) in [6.07, 6.45) is 3.50. The molecule has 1 aliphatic rings. The molecular weight excluding hydrogens is 405 g/mol. The van der Waals surface area contributed by atoms with E-state index in [1.807, 2.05) is 48.5 Å². The minimum absolute atomic E-state index is 0.0649. The molecule has 5 rings (SSSR count). The molecule has 0 bridgehead atoms. The quantitative estimate of drug-likeness (QED) is 0.493. The highest BCUT2D eigenvalue weighted by Gasteiger charge is 2.23. The summed E-state index contributed by atoms with van der Waals surface area (Å²) in [4.78, 5) is 16.1. The number of pyridine rings is 1. The summed E-state index contributed by atoms with van der Waals surface area (Å²) in [7, 11) is 0. The number of nitrogens with zero attached hydrogens (tertiary/aromatic N) is 4. The van der Waals surface area contributed by atoms with Crippen LogP contribution in [0.15, 0.2) is 73.1 Å². The first-order valence-electron chi connectivity index (χ1n) is 10.8. The van der Waals surface area contributed by atoms with Gasteiger partial charge in [-0.25, -0.2) is 14.4 Å². The lowest BCUT2D eigenvalue weighted by Gasteiger charge is -2.35. The largest absolute Gasteiger partial charge is 0.379 e. The number of aromatic nitrogens is 3. The van der Waals surface area contributed by atoms with E-state index in [1.54, 1.807) is 12.4 Å². The van der Waals surface area contributed by atoms with Crippen LogP contribution in [0.4, 0.5) is 10.2 Å². The van der Waals surface area contributed by atoms with Crippen LogP contribution >= 0.6 is 0 Å². The van der Waals surface area contributed by atoms with Crippen LogP contribution in [-0.4, -0.2) is 52.7 Å². The van der Waals surface area contributed by atoms with Crippen molar-refractivity contribution in [1.82, 2.24) is 19.9 Å². The van der Waals surface area contributed by atoms with Crippen molar-refractivity contribution in [1.29, 1.82) is 0 Å². The highest BCUT2D eigenvalue weighted by Crippen LogP contribution is 2.27. The Morgan fingerprint density at radius 1 is 0.969 bits per heavy atom. The Bertz CT molecular complexity index is 1180. The van der Waals surface area contributed by atoms with Gasteiger partial charge in [0.25, 0.3) is 0 Å². The molecule has 6 nitrogen and oxygen atoms in total. The van der Waals surface area contributed by atoms with Crippen molar-refractivity contribution in [3.8, 4) is 11.4 Å². The van der Waals surface area contributed by atoms with E-state index in [0.717, 1.165) is 40.9 Å². The topological polar surface area (TPSA) is 63.2 Å². The average Bonchev–Trinajstić information content (AvgIpc) is 2.86. The first-order chi connectivity index (χ1) is 15.8. The van der Waals surface area contributed by atoms with E-state index >= 15 is 0 Å². The Labute approximate surface area is 186 Å². The van der Waals surface area contributed by atoms with Crippen LogP contribution in [0.3, 0.4) is 0 Å². The smallest absolute Gasteiger partial charge is 0.163 e. The SMILES string of the molecule is Fc1ccc([C@H](CNc2nc(-c3cccnc3)nc3ccccc23)N2CCOCC2)cc1. The van der Waals surface area contributed by atoms with Gasteiger partial charge in [-0.15, -0.1) is 0 Å². The summed E-state index contributed by atoms with van der Waals surface area (Å²) in [5, 5.41) is 4.52. The minimum Gasteiger partial charge on any atom is -0.379 e. The highest BCUT2D eigenvalue weighted by atomic mass is 19.1. The molecule has 7 heteroatoms. The van der Waals surface area contributed by atoms with Crippen molar-refractivity contribution >= 4 is 16.7 Å². The van der Waals surface area contributed by atoms with Crippen LogP contribution in [0.2, 0.25) is 0 Å². The molecule has 2 aromatic heterocycles. The number of hydrogen-bond acceptors (Lipinski definition) is 6. The molecule has 0 amide bonds. The van der Waals surface area contributed by atoms with Gasteiger partial charge in [-0.1, -0.05) is 24.3 Å². The molecule has 1 N–H and O–H groups in total. The molecule has 0 unspecified atom stereocenters. The van der Waals surface area contributed by atoms with Crippen molar-refractivity contribution in [2.24, 2.45) is 0 Å². The van der Waals surface area contributed by atoms with Gasteiger partial charge in [0.1, 0.15) is 11.6 Å². The number of hydrogen-bond donors (Lipinski definition) is 1. The summed E-state index contributed by atoms with van der Waals surface area (Å²) in [6, 6.07) is 18.6. The van der Waals surface area contributed by atoms with Crippen molar-refractivity contribution in [2.45, 2.75) is 6.04 Å². The van der Waals surface area contributed by atoms with Crippen molar-refractivity contribution in [3.05, 3.63) is 84.4 Å². The summed E-state index contributed by atoms with van der Waals surface area (Å²) in [6.45, 7) is 3.67. The van der Waals surface area contributed by atoms with E-state index in [1.165, 1.54) is 12.1 Å². The fraction of sp³-hybridized carbons (Fsp3) is 0.240. The molecule has 1 aliphatic heterocycles. The number of halogens is 1. The van der Waals surface area contributed by atoms with Gasteiger partial charge >= 0.3 is 0 Å². The van der Waals surface area contributed by atoms with E-state index in [2.05, 4.69) is 15.2 Å². The van der Waals surface area contributed by atoms with Gasteiger partial charge in [0.15, 0.2) is 5.82 Å². The molecule has 162 valence electrons. The Morgan fingerprint density at radius 2 is 1.78 bits per heavy atom. The number of rotatable bonds is 6. The maximum atomic E-state index is 13.6.